The molecule has 0 fully saturated rings. The molecule has 0 amide bonds. The number of ether oxygens (including phenoxy) is 2. The summed E-state index contributed by atoms with van der Waals surface area (Å²) in [6, 6.07) is 9.15. The minimum Gasteiger partial charge on any atom is -0.496 e. The summed E-state index contributed by atoms with van der Waals surface area (Å²) < 4.78 is 24.5. The number of hydrogen-bond donors (Lipinski definition) is 0. The van der Waals surface area contributed by atoms with Gasteiger partial charge in [-0.15, -0.1) is 0 Å². The van der Waals surface area contributed by atoms with Crippen molar-refractivity contribution in [2.75, 3.05) is 14.2 Å². The van der Waals surface area contributed by atoms with Crippen LogP contribution in [0.2, 0.25) is 0 Å². The lowest BCUT2D eigenvalue weighted by Gasteiger charge is -2.09. The Labute approximate surface area is 124 Å². The van der Waals surface area contributed by atoms with E-state index in [1.54, 1.807) is 18.2 Å². The van der Waals surface area contributed by atoms with Crippen molar-refractivity contribution >= 4 is 21.7 Å². The van der Waals surface area contributed by atoms with Crippen molar-refractivity contribution in [3.05, 3.63) is 57.8 Å². The zero-order valence-electron chi connectivity index (χ0n) is 10.9. The number of carbonyl (C=O) groups excluding carboxylic acids is 1. The molecule has 0 heterocycles. The third-order valence-electron chi connectivity index (χ3n) is 2.82. The lowest BCUT2D eigenvalue weighted by atomic mass is 10.0. The number of hydrogen-bond acceptors (Lipinski definition) is 3. The van der Waals surface area contributed by atoms with E-state index in [9.17, 15) is 9.18 Å². The van der Waals surface area contributed by atoms with Gasteiger partial charge in [-0.25, -0.2) is 4.39 Å². The summed E-state index contributed by atoms with van der Waals surface area (Å²) in [6.45, 7) is 0. The topological polar surface area (TPSA) is 35.5 Å². The summed E-state index contributed by atoms with van der Waals surface area (Å²) in [7, 11) is 2.85. The Kier molecular flexibility index (Phi) is 4.39. The van der Waals surface area contributed by atoms with E-state index in [1.165, 1.54) is 26.4 Å². The normalized spacial score (nSPS) is 10.2. The minimum atomic E-state index is -0.575. The van der Waals surface area contributed by atoms with Gasteiger partial charge in [-0.05, 0) is 36.4 Å². The average Bonchev–Trinajstić information content (AvgIpc) is 2.46. The molecule has 0 aliphatic rings. The van der Waals surface area contributed by atoms with E-state index in [2.05, 4.69) is 15.9 Å². The van der Waals surface area contributed by atoms with Gasteiger partial charge in [0.25, 0.3) is 0 Å². The van der Waals surface area contributed by atoms with Gasteiger partial charge in [0.05, 0.1) is 19.8 Å². The molecule has 2 aromatic rings. The summed E-state index contributed by atoms with van der Waals surface area (Å²) in [5, 5.41) is 0. The minimum absolute atomic E-state index is 0.101. The Balaban J connectivity index is 2.43. The number of carbonyl (C=O) groups is 1. The Morgan fingerprint density at radius 3 is 2.35 bits per heavy atom. The first-order chi connectivity index (χ1) is 9.56. The molecular weight excluding hydrogens is 327 g/mol. The fourth-order valence-electron chi connectivity index (χ4n) is 1.82. The molecular formula is C15H12BrFO3. The lowest BCUT2D eigenvalue weighted by molar-refractivity contribution is 0.103. The Morgan fingerprint density at radius 1 is 1.05 bits per heavy atom. The highest BCUT2D eigenvalue weighted by molar-refractivity contribution is 9.10. The summed E-state index contributed by atoms with van der Waals surface area (Å²) >= 11 is 3.31. The average molecular weight is 339 g/mol. The van der Waals surface area contributed by atoms with Gasteiger partial charge in [-0.2, -0.15) is 0 Å². The van der Waals surface area contributed by atoms with Crippen molar-refractivity contribution in [3.8, 4) is 11.5 Å². The quantitative estimate of drug-likeness (QED) is 0.794. The fourth-order valence-corrected chi connectivity index (χ4v) is 2.16. The second-order valence-corrected chi connectivity index (χ2v) is 4.94. The maximum Gasteiger partial charge on any atom is 0.196 e. The molecule has 0 aliphatic heterocycles. The maximum atomic E-state index is 13.7. The van der Waals surface area contributed by atoms with Crippen LogP contribution in [0.15, 0.2) is 40.9 Å². The highest BCUT2D eigenvalue weighted by Crippen LogP contribution is 2.27. The van der Waals surface area contributed by atoms with Gasteiger partial charge in [-0.3, -0.25) is 4.79 Å². The maximum absolute atomic E-state index is 13.7. The lowest BCUT2D eigenvalue weighted by Crippen LogP contribution is -2.05. The molecule has 3 nitrogen and oxygen atoms in total. The fraction of sp³-hybridized carbons (Fsp3) is 0.133. The first-order valence-electron chi connectivity index (χ1n) is 5.78. The highest BCUT2D eigenvalue weighted by atomic mass is 79.9. The van der Waals surface area contributed by atoms with Crippen LogP contribution in [0.5, 0.6) is 11.5 Å². The standard InChI is InChI=1S/C15H12BrFO3/c1-19-13-6-3-9(7-12(13)17)15(18)11-5-4-10(16)8-14(11)20-2/h3-8H,1-2H3. The molecule has 0 unspecified atom stereocenters. The van der Waals surface area contributed by atoms with Crippen LogP contribution in [-0.2, 0) is 0 Å². The summed E-state index contributed by atoms with van der Waals surface area (Å²) in [5.41, 5.74) is 0.615. The molecule has 0 N–H and O–H groups in total. The number of halogens is 2. The molecule has 0 aliphatic carbocycles. The van der Waals surface area contributed by atoms with Crippen LogP contribution in [0.3, 0.4) is 0 Å². The van der Waals surface area contributed by atoms with Crippen molar-refractivity contribution in [1.82, 2.24) is 0 Å². The van der Waals surface area contributed by atoms with Gasteiger partial charge < -0.3 is 9.47 Å². The van der Waals surface area contributed by atoms with Crippen LogP contribution in [0, 0.1) is 5.82 Å². The molecule has 0 atom stereocenters. The van der Waals surface area contributed by atoms with Crippen LogP contribution in [0.25, 0.3) is 0 Å². The zero-order valence-corrected chi connectivity index (χ0v) is 12.5. The molecule has 2 rings (SSSR count). The Bertz CT molecular complexity index is 656. The summed E-state index contributed by atoms with van der Waals surface area (Å²) in [4.78, 5) is 12.4. The van der Waals surface area contributed by atoms with E-state index in [-0.39, 0.29) is 17.1 Å². The zero-order chi connectivity index (χ0) is 14.7. The molecule has 0 saturated heterocycles. The van der Waals surface area contributed by atoms with Crippen molar-refractivity contribution in [1.29, 1.82) is 0 Å². The highest BCUT2D eigenvalue weighted by Gasteiger charge is 2.16. The third kappa shape index (κ3) is 2.82. The molecule has 0 aromatic heterocycles. The van der Waals surface area contributed by atoms with E-state index in [4.69, 9.17) is 9.47 Å². The molecule has 0 spiro atoms. The largest absolute Gasteiger partial charge is 0.496 e. The van der Waals surface area contributed by atoms with E-state index in [1.807, 2.05) is 0 Å². The number of benzene rings is 2. The van der Waals surface area contributed by atoms with Gasteiger partial charge in [0, 0.05) is 10.0 Å². The molecule has 0 saturated carbocycles. The number of rotatable bonds is 4. The number of methoxy groups -OCH3 is 2. The Hall–Kier alpha value is -1.88. The van der Waals surface area contributed by atoms with Crippen molar-refractivity contribution in [3.63, 3.8) is 0 Å². The number of ketones is 1. The van der Waals surface area contributed by atoms with Gasteiger partial charge in [0.2, 0.25) is 0 Å². The smallest absolute Gasteiger partial charge is 0.196 e. The van der Waals surface area contributed by atoms with Crippen LogP contribution in [0.4, 0.5) is 4.39 Å². The van der Waals surface area contributed by atoms with Gasteiger partial charge in [0.15, 0.2) is 17.3 Å². The SMILES string of the molecule is COc1ccc(C(=O)c2ccc(Br)cc2OC)cc1F. The molecule has 5 heteroatoms. The van der Waals surface area contributed by atoms with E-state index in [0.29, 0.717) is 11.3 Å². The van der Waals surface area contributed by atoms with Gasteiger partial charge in [0.1, 0.15) is 5.75 Å². The molecule has 104 valence electrons. The molecule has 0 radical (unpaired) electrons. The van der Waals surface area contributed by atoms with E-state index >= 15 is 0 Å². The second-order valence-electron chi connectivity index (χ2n) is 4.02. The molecule has 2 aromatic carbocycles. The monoisotopic (exact) mass is 338 g/mol. The van der Waals surface area contributed by atoms with Gasteiger partial charge >= 0.3 is 0 Å². The van der Waals surface area contributed by atoms with Crippen LogP contribution < -0.4 is 9.47 Å². The van der Waals surface area contributed by atoms with Crippen molar-refractivity contribution in [2.24, 2.45) is 0 Å². The van der Waals surface area contributed by atoms with Gasteiger partial charge in [-0.1, -0.05) is 15.9 Å². The predicted molar refractivity (Wildman–Crippen MR) is 77.1 cm³/mol. The third-order valence-corrected chi connectivity index (χ3v) is 3.32. The first kappa shape index (κ1) is 14.5. The van der Waals surface area contributed by atoms with Crippen LogP contribution in [-0.4, -0.2) is 20.0 Å². The Morgan fingerprint density at radius 2 is 1.75 bits per heavy atom. The van der Waals surface area contributed by atoms with E-state index in [0.717, 1.165) is 10.5 Å². The second kappa shape index (κ2) is 6.05. The van der Waals surface area contributed by atoms with Crippen molar-refractivity contribution < 1.29 is 18.7 Å². The van der Waals surface area contributed by atoms with Crippen LogP contribution in [0.1, 0.15) is 15.9 Å². The van der Waals surface area contributed by atoms with Crippen LogP contribution >= 0.6 is 15.9 Å². The predicted octanol–water partition coefficient (Wildman–Crippen LogP) is 3.84. The van der Waals surface area contributed by atoms with E-state index < -0.39 is 5.82 Å². The molecule has 20 heavy (non-hydrogen) atoms. The van der Waals surface area contributed by atoms with Crippen molar-refractivity contribution in [2.45, 2.75) is 0 Å². The molecule has 0 bridgehead atoms. The summed E-state index contributed by atoms with van der Waals surface area (Å²) in [5.74, 6) is -0.352. The first-order valence-corrected chi connectivity index (χ1v) is 6.58. The summed E-state index contributed by atoms with van der Waals surface area (Å²) in [6.07, 6.45) is 0.